The molecule has 0 saturated heterocycles. The van der Waals surface area contributed by atoms with Crippen molar-refractivity contribution in [3.05, 3.63) is 46.6 Å². The van der Waals surface area contributed by atoms with Gasteiger partial charge in [0, 0.05) is 24.0 Å². The van der Waals surface area contributed by atoms with Gasteiger partial charge in [0.05, 0.1) is 7.11 Å². The van der Waals surface area contributed by atoms with Gasteiger partial charge < -0.3 is 15.2 Å². The number of aliphatic hydroxyl groups excluding tert-OH is 1. The number of aliphatic hydroxyl groups is 1. The smallest absolute Gasteiger partial charge is 0.328 e. The van der Waals surface area contributed by atoms with E-state index in [2.05, 4.69) is 10.3 Å². The van der Waals surface area contributed by atoms with Crippen LogP contribution >= 0.6 is 11.6 Å². The van der Waals surface area contributed by atoms with E-state index in [1.54, 1.807) is 18.4 Å². The van der Waals surface area contributed by atoms with Crippen molar-refractivity contribution < 1.29 is 24.4 Å². The lowest BCUT2D eigenvalue weighted by molar-refractivity contribution is -0.385. The molecule has 0 bridgehead atoms. The molecule has 7 heteroatoms. The minimum atomic E-state index is -0.868. The topological polar surface area (TPSA) is 89.6 Å². The summed E-state index contributed by atoms with van der Waals surface area (Å²) in [5.74, 6) is -0.979. The molecule has 0 fully saturated rings. The Balaban J connectivity index is 2.20. The van der Waals surface area contributed by atoms with Crippen LogP contribution in [-0.4, -0.2) is 36.3 Å². The first kappa shape index (κ1) is 16.3. The fourth-order valence-electron chi connectivity index (χ4n) is 2.18. The first-order chi connectivity index (χ1) is 10.4. The third-order valence-corrected chi connectivity index (χ3v) is 3.48. The van der Waals surface area contributed by atoms with Crippen molar-refractivity contribution in [1.29, 1.82) is 0 Å². The number of nitrogens with one attached hydrogen (secondary N) is 2. The maximum absolute atomic E-state index is 11.9. The van der Waals surface area contributed by atoms with E-state index in [1.165, 1.54) is 14.0 Å². The van der Waals surface area contributed by atoms with Crippen molar-refractivity contribution in [1.82, 2.24) is 5.32 Å². The Hall–Kier alpha value is -2.08. The van der Waals surface area contributed by atoms with Gasteiger partial charge in [0.25, 0.3) is 0 Å². The lowest BCUT2D eigenvalue weighted by Gasteiger charge is -2.17. The SMILES string of the molecule is COC(=O)C(CC1=C2[CH]C=CC(O)=C2[NH+]=C1)NC(=O)[C](C)Cl. The quantitative estimate of drug-likeness (QED) is 0.613. The second kappa shape index (κ2) is 6.79. The van der Waals surface area contributed by atoms with Crippen LogP contribution in [0, 0.1) is 11.8 Å². The summed E-state index contributed by atoms with van der Waals surface area (Å²) in [4.78, 5) is 26.5. The van der Waals surface area contributed by atoms with Gasteiger partial charge in [-0.1, -0.05) is 6.08 Å². The molecule has 2 radical (unpaired) electrons. The van der Waals surface area contributed by atoms with Crippen LogP contribution in [0.15, 0.2) is 34.8 Å². The molecule has 0 aromatic carbocycles. The van der Waals surface area contributed by atoms with Gasteiger partial charge >= 0.3 is 5.97 Å². The Morgan fingerprint density at radius 2 is 2.23 bits per heavy atom. The van der Waals surface area contributed by atoms with Crippen molar-refractivity contribution in [2.45, 2.75) is 19.4 Å². The van der Waals surface area contributed by atoms with Crippen molar-refractivity contribution in [2.75, 3.05) is 7.11 Å². The van der Waals surface area contributed by atoms with E-state index in [-0.39, 0.29) is 17.6 Å². The van der Waals surface area contributed by atoms with Crippen LogP contribution in [0.25, 0.3) is 0 Å². The Bertz CT molecular complexity index is 617. The zero-order valence-corrected chi connectivity index (χ0v) is 12.9. The van der Waals surface area contributed by atoms with Crippen LogP contribution in [0.1, 0.15) is 13.3 Å². The fraction of sp³-hybridized carbons (Fsp3) is 0.267. The molecule has 1 unspecified atom stereocenters. The van der Waals surface area contributed by atoms with Crippen molar-refractivity contribution >= 4 is 29.7 Å². The molecular weight excluding hydrogens is 308 g/mol. The van der Waals surface area contributed by atoms with Crippen LogP contribution < -0.4 is 10.3 Å². The third kappa shape index (κ3) is 3.39. The average molecular weight is 324 g/mol. The molecular formula is C15H16ClN2O4+. The zero-order valence-electron chi connectivity index (χ0n) is 12.1. The minimum absolute atomic E-state index is 0.0328. The highest BCUT2D eigenvalue weighted by atomic mass is 35.5. The fourth-order valence-corrected chi connectivity index (χ4v) is 2.23. The molecule has 1 heterocycles. The summed E-state index contributed by atoms with van der Waals surface area (Å²) in [7, 11) is 1.25. The molecule has 1 amide bonds. The first-order valence-electron chi connectivity index (χ1n) is 6.59. The van der Waals surface area contributed by atoms with E-state index in [0.717, 1.165) is 11.1 Å². The summed E-state index contributed by atoms with van der Waals surface area (Å²) in [5.41, 5.74) is 2.12. The number of carbonyl (C=O) groups is 2. The van der Waals surface area contributed by atoms with Gasteiger partial charge in [0.15, 0.2) is 12.0 Å². The molecule has 0 spiro atoms. The predicted molar refractivity (Wildman–Crippen MR) is 80.5 cm³/mol. The Morgan fingerprint density at radius 1 is 1.50 bits per heavy atom. The van der Waals surface area contributed by atoms with Crippen molar-refractivity contribution in [3.63, 3.8) is 0 Å². The normalized spacial score (nSPS) is 17.8. The number of amides is 1. The van der Waals surface area contributed by atoms with Crippen LogP contribution in [0.2, 0.25) is 0 Å². The number of ether oxygens (including phenoxy) is 1. The second-order valence-electron chi connectivity index (χ2n) is 4.80. The zero-order chi connectivity index (χ0) is 16.3. The van der Waals surface area contributed by atoms with Crippen molar-refractivity contribution in [2.24, 2.45) is 0 Å². The largest absolute Gasteiger partial charge is 0.502 e. The van der Waals surface area contributed by atoms with E-state index < -0.39 is 17.9 Å². The molecule has 2 rings (SSSR count). The summed E-state index contributed by atoms with van der Waals surface area (Å²) in [6.45, 7) is 1.44. The predicted octanol–water partition coefficient (Wildman–Crippen LogP) is -0.170. The summed E-state index contributed by atoms with van der Waals surface area (Å²) >= 11 is 5.63. The molecule has 0 aromatic rings. The molecule has 6 nitrogen and oxygen atoms in total. The number of hydrogen-bond acceptors (Lipinski definition) is 4. The van der Waals surface area contributed by atoms with E-state index in [9.17, 15) is 14.7 Å². The summed E-state index contributed by atoms with van der Waals surface area (Å²) in [5, 5.41) is 12.3. The lowest BCUT2D eigenvalue weighted by Crippen LogP contribution is -2.65. The maximum Gasteiger partial charge on any atom is 0.328 e. The van der Waals surface area contributed by atoms with E-state index in [1.807, 2.05) is 6.42 Å². The van der Waals surface area contributed by atoms with E-state index in [4.69, 9.17) is 16.3 Å². The molecule has 1 atom stereocenters. The minimum Gasteiger partial charge on any atom is -0.502 e. The monoisotopic (exact) mass is 323 g/mol. The van der Waals surface area contributed by atoms with Crippen molar-refractivity contribution in [3.8, 4) is 0 Å². The van der Waals surface area contributed by atoms with Gasteiger partial charge in [-0.15, -0.1) is 11.6 Å². The summed E-state index contributed by atoms with van der Waals surface area (Å²) < 4.78 is 4.71. The number of allylic oxidation sites excluding steroid dienone is 3. The number of halogens is 1. The molecule has 116 valence electrons. The van der Waals surface area contributed by atoms with Crippen LogP contribution in [0.3, 0.4) is 0 Å². The Kier molecular flexibility index (Phi) is 5.03. The molecule has 0 saturated carbocycles. The van der Waals surface area contributed by atoms with Gasteiger partial charge in [-0.2, -0.15) is 0 Å². The third-order valence-electron chi connectivity index (χ3n) is 3.31. The Labute approximate surface area is 133 Å². The van der Waals surface area contributed by atoms with E-state index >= 15 is 0 Å². The molecule has 0 aromatic heterocycles. The molecule has 1 aliphatic heterocycles. The second-order valence-corrected chi connectivity index (χ2v) is 5.37. The summed E-state index contributed by atoms with van der Waals surface area (Å²) in [6.07, 6.45) is 6.98. The summed E-state index contributed by atoms with van der Waals surface area (Å²) in [6, 6.07) is -0.868. The standard InChI is InChI=1S/C15H15ClN2O4/c1-8(16)14(20)18-11(15(21)22-2)6-9-7-17-13-10(9)4-3-5-12(13)19/h3-5,7,11,19H,6H2,1-2H3,(H,18,20)/p+1. The Morgan fingerprint density at radius 3 is 2.86 bits per heavy atom. The van der Waals surface area contributed by atoms with E-state index in [0.29, 0.717) is 5.70 Å². The molecule has 3 N–H and O–H groups in total. The van der Waals surface area contributed by atoms with Crippen LogP contribution in [-0.2, 0) is 14.3 Å². The lowest BCUT2D eigenvalue weighted by atomic mass is 9.96. The van der Waals surface area contributed by atoms with Gasteiger partial charge in [-0.05, 0) is 13.0 Å². The highest BCUT2D eigenvalue weighted by Crippen LogP contribution is 2.25. The highest BCUT2D eigenvalue weighted by molar-refractivity contribution is 6.38. The average Bonchev–Trinajstić information content (AvgIpc) is 2.90. The number of methoxy groups -OCH3 is 1. The van der Waals surface area contributed by atoms with Gasteiger partial charge in [0.1, 0.15) is 11.4 Å². The molecule has 2 aliphatic rings. The number of carbonyl (C=O) groups excluding carboxylic acids is 2. The highest BCUT2D eigenvalue weighted by Gasteiger charge is 2.32. The number of fused-ring (bicyclic) bond motifs is 1. The maximum atomic E-state index is 11.9. The van der Waals surface area contributed by atoms with Gasteiger partial charge in [-0.3, -0.25) is 4.79 Å². The molecule has 1 aliphatic carbocycles. The van der Waals surface area contributed by atoms with Crippen LogP contribution in [0.4, 0.5) is 0 Å². The number of esters is 1. The van der Waals surface area contributed by atoms with Crippen LogP contribution in [0.5, 0.6) is 0 Å². The molecule has 22 heavy (non-hydrogen) atoms. The number of rotatable bonds is 5. The first-order valence-corrected chi connectivity index (χ1v) is 6.97. The van der Waals surface area contributed by atoms with Gasteiger partial charge in [0.2, 0.25) is 11.6 Å². The number of hydrogen-bond donors (Lipinski definition) is 3. The van der Waals surface area contributed by atoms with Gasteiger partial charge in [-0.25, -0.2) is 9.79 Å².